The van der Waals surface area contributed by atoms with Crippen molar-refractivity contribution in [1.82, 2.24) is 15.2 Å². The molecule has 0 saturated carbocycles. The van der Waals surface area contributed by atoms with Crippen LogP contribution in [-0.4, -0.2) is 83.5 Å². The molecule has 0 aromatic carbocycles. The van der Waals surface area contributed by atoms with E-state index in [1.165, 1.54) is 29.2 Å². The topological polar surface area (TPSA) is 170 Å². The summed E-state index contributed by atoms with van der Waals surface area (Å²) in [5.74, 6) is -3.82. The normalized spacial score (nSPS) is 19.1. The first-order chi connectivity index (χ1) is 17.0. The number of nitrogens with zero attached hydrogens (tertiary/aromatic N) is 2. The Morgan fingerprint density at radius 1 is 1.25 bits per heavy atom. The fraction of sp³-hybridized carbons (Fsp3) is 0.476. The lowest BCUT2D eigenvalue weighted by molar-refractivity contribution is -0.173. The van der Waals surface area contributed by atoms with E-state index < -0.39 is 53.2 Å². The predicted octanol–water partition coefficient (Wildman–Crippen LogP) is 0.285. The summed E-state index contributed by atoms with van der Waals surface area (Å²) in [5.41, 5.74) is -0.546. The van der Waals surface area contributed by atoms with Crippen LogP contribution in [0.3, 0.4) is 0 Å². The highest BCUT2D eigenvalue weighted by Gasteiger charge is 2.54. The Labute approximate surface area is 213 Å². The number of carbonyl (C=O) groups excluding carboxylic acids is 6. The van der Waals surface area contributed by atoms with E-state index in [1.807, 2.05) is 0 Å². The maximum atomic E-state index is 12.9. The number of Topliss-reactive ketones (excluding diaryl/α,β-unsaturated/α-hetero) is 1. The number of thioether (sulfide) groups is 1. The van der Waals surface area contributed by atoms with Gasteiger partial charge in [-0.25, -0.2) is 9.78 Å². The van der Waals surface area contributed by atoms with Crippen LogP contribution in [0.2, 0.25) is 0 Å². The zero-order valence-electron chi connectivity index (χ0n) is 19.8. The summed E-state index contributed by atoms with van der Waals surface area (Å²) in [4.78, 5) is 78.0. The largest absolute Gasteiger partial charge is 0.427 e. The first-order valence-electron chi connectivity index (χ1n) is 10.5. The molecule has 2 N–H and O–H groups in total. The van der Waals surface area contributed by atoms with E-state index in [1.54, 1.807) is 20.8 Å². The number of carbonyl (C=O) groups is 6. The molecule has 2 aliphatic rings. The highest BCUT2D eigenvalue weighted by atomic mass is 32.2. The summed E-state index contributed by atoms with van der Waals surface area (Å²) in [7, 11) is 1.43. The molecule has 0 radical (unpaired) electrons. The van der Waals surface area contributed by atoms with E-state index in [9.17, 15) is 28.8 Å². The predicted molar refractivity (Wildman–Crippen MR) is 127 cm³/mol. The number of thiazole rings is 1. The maximum Gasteiger partial charge on any atom is 0.358 e. The molecule has 1 fully saturated rings. The van der Waals surface area contributed by atoms with Gasteiger partial charge >= 0.3 is 11.9 Å². The molecule has 2 atom stereocenters. The molecule has 0 spiro atoms. The SMILES string of the molecule is COCC1=C(C(=O)OCOC(=O)C(C)(C)C)N2C(=O)C(NC(=O)C(=O)c3csc(NC=O)n3)[C@H]2SC1. The van der Waals surface area contributed by atoms with Gasteiger partial charge < -0.3 is 24.8 Å². The number of ketones is 1. The second-order valence-corrected chi connectivity index (χ2v) is 10.6. The highest BCUT2D eigenvalue weighted by molar-refractivity contribution is 8.00. The van der Waals surface area contributed by atoms with Gasteiger partial charge in [-0.3, -0.25) is 28.9 Å². The van der Waals surface area contributed by atoms with Crippen molar-refractivity contribution in [2.45, 2.75) is 32.2 Å². The summed E-state index contributed by atoms with van der Waals surface area (Å²) < 4.78 is 15.2. The Bertz CT molecular complexity index is 1120. The number of anilines is 1. The quantitative estimate of drug-likeness (QED) is 0.104. The summed E-state index contributed by atoms with van der Waals surface area (Å²) in [5, 5.41) is 5.44. The Kier molecular flexibility index (Phi) is 8.47. The van der Waals surface area contributed by atoms with Crippen LogP contribution in [0.25, 0.3) is 0 Å². The molecule has 2 aliphatic heterocycles. The number of fused-ring (bicyclic) bond motifs is 1. The Hall–Kier alpha value is -3.30. The van der Waals surface area contributed by atoms with Gasteiger partial charge in [-0.1, -0.05) is 0 Å². The van der Waals surface area contributed by atoms with Gasteiger partial charge in [0, 0.05) is 18.2 Å². The van der Waals surface area contributed by atoms with Crippen molar-refractivity contribution in [2.75, 3.05) is 31.6 Å². The van der Waals surface area contributed by atoms with Crippen LogP contribution >= 0.6 is 23.1 Å². The monoisotopic (exact) mass is 540 g/mol. The standard InChI is InChI=1S/C21H24N4O9S2/c1-21(2,3)19(31)34-9-33-18(30)13-10(5-32-4)6-35-17-12(16(29)25(13)17)24-15(28)14(27)11-7-36-20(23-11)22-8-26/h7-8,12,17H,5-6,9H2,1-4H3,(H,24,28)(H,22,23,26)/t12?,17-/m1/s1. The molecule has 15 heteroatoms. The van der Waals surface area contributed by atoms with Gasteiger partial charge in [0.1, 0.15) is 22.8 Å². The van der Waals surface area contributed by atoms with Crippen molar-refractivity contribution in [3.8, 4) is 0 Å². The van der Waals surface area contributed by atoms with Crippen molar-refractivity contribution < 1.29 is 43.0 Å². The van der Waals surface area contributed by atoms with Gasteiger partial charge in [0.25, 0.3) is 17.6 Å². The maximum absolute atomic E-state index is 12.9. The van der Waals surface area contributed by atoms with Crippen molar-refractivity contribution in [2.24, 2.45) is 5.41 Å². The van der Waals surface area contributed by atoms with Crippen LogP contribution in [0.1, 0.15) is 31.3 Å². The summed E-state index contributed by atoms with van der Waals surface area (Å²) >= 11 is 2.23. The molecule has 0 bridgehead atoms. The van der Waals surface area contributed by atoms with Gasteiger partial charge in [0.05, 0.1) is 12.0 Å². The van der Waals surface area contributed by atoms with Crippen LogP contribution in [-0.2, 0) is 38.2 Å². The minimum absolute atomic E-state index is 0.0478. The lowest BCUT2D eigenvalue weighted by atomic mass is 9.98. The molecule has 3 heterocycles. The zero-order chi connectivity index (χ0) is 26.6. The van der Waals surface area contributed by atoms with Crippen molar-refractivity contribution in [1.29, 1.82) is 0 Å². The van der Waals surface area contributed by atoms with E-state index in [-0.39, 0.29) is 23.1 Å². The molecule has 194 valence electrons. The number of methoxy groups -OCH3 is 1. The number of nitrogens with one attached hydrogen (secondary N) is 2. The summed E-state index contributed by atoms with van der Waals surface area (Å²) in [6.07, 6.45) is 0.387. The third kappa shape index (κ3) is 5.74. The number of hydrogen-bond donors (Lipinski definition) is 2. The highest BCUT2D eigenvalue weighted by Crippen LogP contribution is 2.40. The van der Waals surface area contributed by atoms with Gasteiger partial charge in [-0.05, 0) is 26.3 Å². The minimum atomic E-state index is -1.07. The summed E-state index contributed by atoms with van der Waals surface area (Å²) in [6, 6.07) is -1.07. The smallest absolute Gasteiger partial charge is 0.358 e. The lowest BCUT2D eigenvalue weighted by Gasteiger charge is -2.49. The molecular formula is C21H24N4O9S2. The third-order valence-corrected chi connectivity index (χ3v) is 7.08. The van der Waals surface area contributed by atoms with E-state index in [2.05, 4.69) is 15.6 Å². The average molecular weight is 541 g/mol. The molecule has 1 aromatic rings. The number of ether oxygens (including phenoxy) is 3. The van der Waals surface area contributed by atoms with E-state index in [4.69, 9.17) is 14.2 Å². The second-order valence-electron chi connectivity index (χ2n) is 8.61. The molecule has 13 nitrogen and oxygen atoms in total. The van der Waals surface area contributed by atoms with Crippen molar-refractivity contribution >= 4 is 64.2 Å². The van der Waals surface area contributed by atoms with E-state index in [0.717, 1.165) is 11.3 Å². The molecule has 1 unspecified atom stereocenters. The average Bonchev–Trinajstić information content (AvgIpc) is 3.29. The van der Waals surface area contributed by atoms with Gasteiger partial charge in [-0.15, -0.1) is 23.1 Å². The minimum Gasteiger partial charge on any atom is -0.427 e. The first kappa shape index (κ1) is 27.3. The number of aromatic nitrogens is 1. The number of β-lactam (4-membered cyclic amide) rings is 1. The van der Waals surface area contributed by atoms with Crippen LogP contribution in [0, 0.1) is 5.41 Å². The fourth-order valence-electron chi connectivity index (χ4n) is 3.20. The molecule has 1 saturated heterocycles. The molecule has 3 amide bonds. The van der Waals surface area contributed by atoms with E-state index >= 15 is 0 Å². The second kappa shape index (κ2) is 11.2. The molecular weight excluding hydrogens is 516 g/mol. The van der Waals surface area contributed by atoms with Crippen LogP contribution in [0.15, 0.2) is 16.7 Å². The number of hydrogen-bond acceptors (Lipinski definition) is 12. The van der Waals surface area contributed by atoms with Crippen LogP contribution in [0.5, 0.6) is 0 Å². The van der Waals surface area contributed by atoms with Gasteiger partial charge in [0.15, 0.2) is 5.13 Å². The van der Waals surface area contributed by atoms with Crippen molar-refractivity contribution in [3.63, 3.8) is 0 Å². The van der Waals surface area contributed by atoms with Gasteiger partial charge in [0.2, 0.25) is 13.2 Å². The number of rotatable bonds is 10. The van der Waals surface area contributed by atoms with E-state index in [0.29, 0.717) is 17.7 Å². The first-order valence-corrected chi connectivity index (χ1v) is 12.4. The number of amides is 3. The molecule has 36 heavy (non-hydrogen) atoms. The van der Waals surface area contributed by atoms with Crippen molar-refractivity contribution in [3.05, 3.63) is 22.3 Å². The van der Waals surface area contributed by atoms with Crippen LogP contribution in [0.4, 0.5) is 5.13 Å². The fourth-order valence-corrected chi connectivity index (χ4v) is 5.17. The number of esters is 2. The molecule has 1 aromatic heterocycles. The molecule has 3 rings (SSSR count). The third-order valence-electron chi connectivity index (χ3n) is 4.96. The Morgan fingerprint density at radius 2 is 1.97 bits per heavy atom. The zero-order valence-corrected chi connectivity index (χ0v) is 21.4. The lowest BCUT2D eigenvalue weighted by Crippen LogP contribution is -2.71. The van der Waals surface area contributed by atoms with Crippen LogP contribution < -0.4 is 10.6 Å². The Morgan fingerprint density at radius 3 is 2.61 bits per heavy atom. The molecule has 0 aliphatic carbocycles. The Balaban J connectivity index is 1.68. The summed E-state index contributed by atoms with van der Waals surface area (Å²) in [6.45, 7) is 4.35. The van der Waals surface area contributed by atoms with Gasteiger partial charge in [-0.2, -0.15) is 0 Å².